The molecule has 1 aliphatic rings. The zero-order chi connectivity index (χ0) is 13.9. The fourth-order valence-electron chi connectivity index (χ4n) is 2.87. The van der Waals surface area contributed by atoms with Crippen molar-refractivity contribution in [3.63, 3.8) is 0 Å². The van der Waals surface area contributed by atoms with Crippen LogP contribution in [0.15, 0.2) is 30.3 Å². The van der Waals surface area contributed by atoms with Gasteiger partial charge in [-0.3, -0.25) is 0 Å². The normalized spacial score (nSPS) is 18.0. The van der Waals surface area contributed by atoms with Crippen LogP contribution in [-0.4, -0.2) is 0 Å². The van der Waals surface area contributed by atoms with Gasteiger partial charge in [-0.1, -0.05) is 31.2 Å². The predicted octanol–water partition coefficient (Wildman–Crippen LogP) is 5.08. The van der Waals surface area contributed by atoms with Crippen molar-refractivity contribution in [1.82, 2.24) is 5.32 Å². The van der Waals surface area contributed by atoms with Gasteiger partial charge >= 0.3 is 0 Å². The highest BCUT2D eigenvalue weighted by molar-refractivity contribution is 14.1. The summed E-state index contributed by atoms with van der Waals surface area (Å²) < 4.78 is 1.42. The summed E-state index contributed by atoms with van der Waals surface area (Å²) in [6, 6.07) is 11.9. The van der Waals surface area contributed by atoms with Gasteiger partial charge < -0.3 is 5.32 Å². The number of fused-ring (bicyclic) bond motifs is 1. The number of hydrogen-bond donors (Lipinski definition) is 1. The molecule has 0 radical (unpaired) electrons. The lowest BCUT2D eigenvalue weighted by Crippen LogP contribution is -2.23. The second-order valence-corrected chi connectivity index (χ2v) is 8.46. The molecule has 0 saturated carbocycles. The van der Waals surface area contributed by atoms with E-state index in [1.54, 1.807) is 10.4 Å². The maximum absolute atomic E-state index is 3.75. The van der Waals surface area contributed by atoms with Crippen LogP contribution in [0.5, 0.6) is 0 Å². The van der Waals surface area contributed by atoms with Gasteiger partial charge in [0.25, 0.3) is 0 Å². The zero-order valence-corrected chi connectivity index (χ0v) is 14.8. The number of halogens is 1. The molecule has 2 aromatic rings. The standard InChI is InChI=1S/C17H20INS/c1-2-12-6-8-13(9-7-12)11-19-15-4-3-5-16-14(15)10-17(18)20-16/h6-10,15,19H,2-5,11H2,1H3. The van der Waals surface area contributed by atoms with Crippen molar-refractivity contribution in [2.75, 3.05) is 0 Å². The average Bonchev–Trinajstić information content (AvgIpc) is 2.86. The molecule has 3 rings (SSSR count). The third-order valence-electron chi connectivity index (χ3n) is 4.07. The van der Waals surface area contributed by atoms with E-state index in [1.165, 1.54) is 33.3 Å². The quantitative estimate of drug-likeness (QED) is 0.710. The Morgan fingerprint density at radius 2 is 2.00 bits per heavy atom. The lowest BCUT2D eigenvalue weighted by molar-refractivity contribution is 0.463. The summed E-state index contributed by atoms with van der Waals surface area (Å²) in [4.78, 5) is 1.60. The Bertz CT molecular complexity index is 573. The van der Waals surface area contributed by atoms with Gasteiger partial charge in [0.05, 0.1) is 2.88 Å². The fraction of sp³-hybridized carbons (Fsp3) is 0.412. The second-order valence-electron chi connectivity index (χ2n) is 5.42. The van der Waals surface area contributed by atoms with Crippen LogP contribution in [-0.2, 0) is 19.4 Å². The van der Waals surface area contributed by atoms with Crippen LogP contribution in [0.3, 0.4) is 0 Å². The molecule has 20 heavy (non-hydrogen) atoms. The number of rotatable bonds is 4. The zero-order valence-electron chi connectivity index (χ0n) is 11.8. The van der Waals surface area contributed by atoms with E-state index in [9.17, 15) is 0 Å². The lowest BCUT2D eigenvalue weighted by atomic mass is 9.94. The Morgan fingerprint density at radius 3 is 2.75 bits per heavy atom. The maximum atomic E-state index is 3.75. The van der Waals surface area contributed by atoms with E-state index in [0.717, 1.165) is 13.0 Å². The van der Waals surface area contributed by atoms with Gasteiger partial charge in [0, 0.05) is 17.5 Å². The molecule has 0 bridgehead atoms. The third kappa shape index (κ3) is 3.26. The minimum atomic E-state index is 0.546. The van der Waals surface area contributed by atoms with Gasteiger partial charge in [0.2, 0.25) is 0 Å². The van der Waals surface area contributed by atoms with Crippen LogP contribution in [0, 0.1) is 2.88 Å². The van der Waals surface area contributed by atoms with Crippen molar-refractivity contribution in [1.29, 1.82) is 0 Å². The molecule has 0 fully saturated rings. The minimum absolute atomic E-state index is 0.546. The number of thiophene rings is 1. The first kappa shape index (κ1) is 14.5. The van der Waals surface area contributed by atoms with Gasteiger partial charge in [0.15, 0.2) is 0 Å². The van der Waals surface area contributed by atoms with Crippen molar-refractivity contribution in [2.24, 2.45) is 0 Å². The van der Waals surface area contributed by atoms with E-state index in [0.29, 0.717) is 6.04 Å². The summed E-state index contributed by atoms with van der Waals surface area (Å²) in [6.45, 7) is 3.18. The van der Waals surface area contributed by atoms with E-state index in [2.05, 4.69) is 65.2 Å². The summed E-state index contributed by atoms with van der Waals surface area (Å²) in [5, 5.41) is 3.75. The molecular weight excluding hydrogens is 377 g/mol. The third-order valence-corrected chi connectivity index (χ3v) is 6.04. The molecule has 1 nitrogen and oxygen atoms in total. The van der Waals surface area contributed by atoms with E-state index < -0.39 is 0 Å². The molecule has 0 amide bonds. The predicted molar refractivity (Wildman–Crippen MR) is 95.4 cm³/mol. The van der Waals surface area contributed by atoms with E-state index in [1.807, 2.05) is 11.3 Å². The van der Waals surface area contributed by atoms with Crippen molar-refractivity contribution in [3.05, 3.63) is 54.8 Å². The summed E-state index contributed by atoms with van der Waals surface area (Å²) >= 11 is 4.42. The maximum Gasteiger partial charge on any atom is 0.0659 e. The molecule has 1 atom stereocenters. The highest BCUT2D eigenvalue weighted by atomic mass is 127. The second kappa shape index (κ2) is 6.58. The number of benzene rings is 1. The molecule has 0 spiro atoms. The van der Waals surface area contributed by atoms with Crippen LogP contribution < -0.4 is 5.32 Å². The van der Waals surface area contributed by atoms with Crippen molar-refractivity contribution in [3.8, 4) is 0 Å². The first-order chi connectivity index (χ1) is 9.76. The molecule has 1 heterocycles. The highest BCUT2D eigenvalue weighted by Gasteiger charge is 2.21. The molecule has 1 aliphatic carbocycles. The monoisotopic (exact) mass is 397 g/mol. The van der Waals surface area contributed by atoms with Crippen LogP contribution in [0.1, 0.15) is 47.4 Å². The Morgan fingerprint density at radius 1 is 1.25 bits per heavy atom. The summed E-state index contributed by atoms with van der Waals surface area (Å²) in [6.07, 6.45) is 4.97. The lowest BCUT2D eigenvalue weighted by Gasteiger charge is -2.23. The first-order valence-electron chi connectivity index (χ1n) is 7.35. The van der Waals surface area contributed by atoms with Crippen LogP contribution >= 0.6 is 33.9 Å². The molecule has 0 aliphatic heterocycles. The van der Waals surface area contributed by atoms with Crippen molar-refractivity contribution in [2.45, 2.75) is 45.2 Å². The van der Waals surface area contributed by atoms with Crippen LogP contribution in [0.2, 0.25) is 0 Å². The van der Waals surface area contributed by atoms with Gasteiger partial charge in [-0.05, 0) is 71.0 Å². The average molecular weight is 397 g/mol. The van der Waals surface area contributed by atoms with Crippen molar-refractivity contribution < 1.29 is 0 Å². The Kier molecular flexibility index (Phi) is 4.79. The van der Waals surface area contributed by atoms with Gasteiger partial charge in [0.1, 0.15) is 0 Å². The van der Waals surface area contributed by atoms with Crippen LogP contribution in [0.4, 0.5) is 0 Å². The molecule has 1 aromatic carbocycles. The molecule has 0 saturated heterocycles. The number of nitrogens with one attached hydrogen (secondary N) is 1. The Balaban J connectivity index is 1.66. The molecule has 106 valence electrons. The van der Waals surface area contributed by atoms with Gasteiger partial charge in [-0.25, -0.2) is 0 Å². The summed E-state index contributed by atoms with van der Waals surface area (Å²) in [5.74, 6) is 0. The van der Waals surface area contributed by atoms with Gasteiger partial charge in [-0.2, -0.15) is 0 Å². The highest BCUT2D eigenvalue weighted by Crippen LogP contribution is 2.36. The largest absolute Gasteiger partial charge is 0.306 e. The number of hydrogen-bond acceptors (Lipinski definition) is 2. The Hall–Kier alpha value is -0.390. The summed E-state index contributed by atoms with van der Waals surface area (Å²) in [5.41, 5.74) is 4.36. The van der Waals surface area contributed by atoms with Gasteiger partial charge in [-0.15, -0.1) is 11.3 Å². The van der Waals surface area contributed by atoms with Crippen LogP contribution in [0.25, 0.3) is 0 Å². The molecule has 1 unspecified atom stereocenters. The van der Waals surface area contributed by atoms with E-state index in [4.69, 9.17) is 0 Å². The van der Waals surface area contributed by atoms with Crippen molar-refractivity contribution >= 4 is 33.9 Å². The topological polar surface area (TPSA) is 12.0 Å². The molecule has 1 aromatic heterocycles. The smallest absolute Gasteiger partial charge is 0.0659 e. The minimum Gasteiger partial charge on any atom is -0.306 e. The fourth-order valence-corrected chi connectivity index (χ4v) is 4.99. The van der Waals surface area contributed by atoms with E-state index in [-0.39, 0.29) is 0 Å². The Labute approximate surface area is 138 Å². The molecule has 3 heteroatoms. The first-order valence-corrected chi connectivity index (χ1v) is 9.25. The SMILES string of the molecule is CCc1ccc(CNC2CCCc3sc(I)cc32)cc1. The number of aryl methyl sites for hydroxylation is 2. The molecular formula is C17H20INS. The summed E-state index contributed by atoms with van der Waals surface area (Å²) in [7, 11) is 0. The van der Waals surface area contributed by atoms with E-state index >= 15 is 0 Å². The molecule has 1 N–H and O–H groups in total.